The molecule has 0 spiro atoms. The quantitative estimate of drug-likeness (QED) is 0.478. The van der Waals surface area contributed by atoms with Crippen LogP contribution in [0.15, 0.2) is 51.7 Å². The summed E-state index contributed by atoms with van der Waals surface area (Å²) >= 11 is 0. The number of hydrogen-bond acceptors (Lipinski definition) is 3. The molecule has 0 atom stereocenters. The van der Waals surface area contributed by atoms with E-state index in [9.17, 15) is 4.79 Å². The fraction of sp³-hybridized carbons (Fsp3) is 0.211. The van der Waals surface area contributed by atoms with E-state index in [-0.39, 0.29) is 18.6 Å². The lowest BCUT2D eigenvalue weighted by Crippen LogP contribution is -2.30. The lowest BCUT2D eigenvalue weighted by Gasteiger charge is -2.29. The second-order valence-electron chi connectivity index (χ2n) is 6.02. The molecule has 3 aromatic rings. The third-order valence-corrected chi connectivity index (χ3v) is 3.95. The lowest BCUT2D eigenvalue weighted by molar-refractivity contribution is 0.569. The van der Waals surface area contributed by atoms with Crippen LogP contribution in [0.2, 0.25) is 0 Å². The Kier molecular flexibility index (Phi) is 3.10. The van der Waals surface area contributed by atoms with E-state index < -0.39 is 0 Å². The Bertz CT molecular complexity index is 964. The summed E-state index contributed by atoms with van der Waals surface area (Å²) in [5, 5.41) is 5.98. The number of hydrogen-bond donors (Lipinski definition) is 1. The van der Waals surface area contributed by atoms with Crippen molar-refractivity contribution in [3.63, 3.8) is 0 Å². The highest BCUT2D eigenvalue weighted by Gasteiger charge is 2.22. The molecule has 1 N–H and O–H groups in total. The number of rotatable bonds is 0. The molecule has 0 radical (unpaired) electrons. The predicted octanol–water partition coefficient (Wildman–Crippen LogP) is 4.80. The Hall–Kier alpha value is -2.55. The molecule has 0 saturated carbocycles. The molecule has 3 heteroatoms. The van der Waals surface area contributed by atoms with Gasteiger partial charge in [-0.25, -0.2) is 4.79 Å². The highest BCUT2D eigenvalue weighted by Crippen LogP contribution is 2.34. The molecule has 1 aliphatic heterocycles. The zero-order valence-corrected chi connectivity index (χ0v) is 11.9. The number of fused-ring (bicyclic) bond motifs is 5. The van der Waals surface area contributed by atoms with Gasteiger partial charge in [0.05, 0.1) is 10.9 Å². The van der Waals surface area contributed by atoms with Crippen molar-refractivity contribution in [3.05, 3.63) is 58.5 Å². The largest absolute Gasteiger partial charge is 0.422 e. The summed E-state index contributed by atoms with van der Waals surface area (Å²) in [5.41, 5.74) is 2.11. The van der Waals surface area contributed by atoms with Crippen LogP contribution in [0.3, 0.4) is 0 Å². The Morgan fingerprint density at radius 1 is 1.05 bits per heavy atom. The molecule has 112 valence electrons. The summed E-state index contributed by atoms with van der Waals surface area (Å²) in [5.74, 6) is 0. The van der Waals surface area contributed by atoms with Gasteiger partial charge in [-0.05, 0) is 26.0 Å². The van der Waals surface area contributed by atoms with Crippen LogP contribution >= 0.6 is 0 Å². The third-order valence-electron chi connectivity index (χ3n) is 3.95. The maximum atomic E-state index is 12.4. The maximum absolute atomic E-state index is 12.4. The lowest BCUT2D eigenvalue weighted by atomic mass is 9.93. The third kappa shape index (κ3) is 2.01. The second kappa shape index (κ2) is 4.73. The van der Waals surface area contributed by atoms with Crippen molar-refractivity contribution in [3.8, 4) is 0 Å². The molecular formula is C19H19NO2. The van der Waals surface area contributed by atoms with Gasteiger partial charge in [0.1, 0.15) is 5.58 Å². The van der Waals surface area contributed by atoms with Gasteiger partial charge in [-0.1, -0.05) is 43.8 Å². The molecule has 0 saturated heterocycles. The van der Waals surface area contributed by atoms with Crippen molar-refractivity contribution in [1.29, 1.82) is 0 Å². The first kappa shape index (κ1) is 14.4. The van der Waals surface area contributed by atoms with Crippen LogP contribution in [0, 0.1) is 0 Å². The first-order valence-electron chi connectivity index (χ1n) is 7.01. The van der Waals surface area contributed by atoms with E-state index in [1.54, 1.807) is 0 Å². The Morgan fingerprint density at radius 3 is 2.64 bits per heavy atom. The van der Waals surface area contributed by atoms with Gasteiger partial charge in [0.2, 0.25) is 0 Å². The molecule has 3 nitrogen and oxygen atoms in total. The molecule has 0 amide bonds. The van der Waals surface area contributed by atoms with Crippen LogP contribution in [-0.4, -0.2) is 5.54 Å². The van der Waals surface area contributed by atoms with E-state index in [0.717, 1.165) is 22.0 Å². The van der Waals surface area contributed by atoms with Gasteiger partial charge in [0, 0.05) is 22.0 Å². The highest BCUT2D eigenvalue weighted by molar-refractivity contribution is 6.09. The van der Waals surface area contributed by atoms with Crippen molar-refractivity contribution in [1.82, 2.24) is 0 Å². The van der Waals surface area contributed by atoms with Gasteiger partial charge >= 0.3 is 5.63 Å². The molecule has 22 heavy (non-hydrogen) atoms. The molecule has 1 aliphatic rings. The smallest absolute Gasteiger partial charge is 0.344 e. The average molecular weight is 293 g/mol. The van der Waals surface area contributed by atoms with Crippen molar-refractivity contribution in [2.24, 2.45) is 0 Å². The molecule has 2 heterocycles. The second-order valence-corrected chi connectivity index (χ2v) is 6.02. The minimum Gasteiger partial charge on any atom is -0.422 e. The number of anilines is 1. The van der Waals surface area contributed by atoms with Crippen LogP contribution in [0.5, 0.6) is 0 Å². The Balaban J connectivity index is 0.00000144. The average Bonchev–Trinajstić information content (AvgIpc) is 2.45. The van der Waals surface area contributed by atoms with Gasteiger partial charge in [-0.3, -0.25) is 0 Å². The number of para-hydroxylation sites is 1. The summed E-state index contributed by atoms with van der Waals surface area (Å²) in [7, 11) is 0. The SMILES string of the molecule is C.CC1(C)C=Cc2c(ccc3c2c(=O)oc2ccccc23)N1. The molecule has 0 bridgehead atoms. The zero-order chi connectivity index (χ0) is 14.6. The van der Waals surface area contributed by atoms with Crippen LogP contribution in [-0.2, 0) is 0 Å². The molecule has 2 aromatic carbocycles. The van der Waals surface area contributed by atoms with E-state index in [1.807, 2.05) is 42.5 Å². The van der Waals surface area contributed by atoms with Crippen LogP contribution in [0.4, 0.5) is 5.69 Å². The molecule has 1 aromatic heterocycles. The first-order chi connectivity index (χ1) is 10.1. The minimum atomic E-state index is -0.285. The van der Waals surface area contributed by atoms with E-state index in [4.69, 9.17) is 4.42 Å². The van der Waals surface area contributed by atoms with E-state index >= 15 is 0 Å². The van der Waals surface area contributed by atoms with Crippen molar-refractivity contribution in [2.75, 3.05) is 5.32 Å². The van der Waals surface area contributed by atoms with Crippen molar-refractivity contribution >= 4 is 33.5 Å². The van der Waals surface area contributed by atoms with E-state index in [0.29, 0.717) is 11.0 Å². The van der Waals surface area contributed by atoms with E-state index in [2.05, 4.69) is 25.2 Å². The summed E-state index contributed by atoms with van der Waals surface area (Å²) in [4.78, 5) is 12.4. The van der Waals surface area contributed by atoms with E-state index in [1.165, 1.54) is 0 Å². The maximum Gasteiger partial charge on any atom is 0.344 e. The molecule has 0 unspecified atom stereocenters. The van der Waals surface area contributed by atoms with Gasteiger partial charge in [-0.2, -0.15) is 0 Å². The standard InChI is InChI=1S/C18H15NO2.CH4/c1-18(2)10-9-13-14(19-18)8-7-12-11-5-3-4-6-15(11)21-17(20)16(12)13;/h3-10,19H,1-2H3;1H4. The van der Waals surface area contributed by atoms with Gasteiger partial charge in [-0.15, -0.1) is 0 Å². The van der Waals surface area contributed by atoms with Gasteiger partial charge in [0.15, 0.2) is 0 Å². The van der Waals surface area contributed by atoms with Crippen LogP contribution in [0.25, 0.3) is 27.8 Å². The summed E-state index contributed by atoms with van der Waals surface area (Å²) < 4.78 is 5.48. The van der Waals surface area contributed by atoms with Crippen LogP contribution < -0.4 is 10.9 Å². The molecule has 4 rings (SSSR count). The summed E-state index contributed by atoms with van der Waals surface area (Å²) in [6, 6.07) is 11.7. The van der Waals surface area contributed by atoms with Crippen LogP contribution in [0.1, 0.15) is 26.8 Å². The monoisotopic (exact) mass is 293 g/mol. The summed E-state index contributed by atoms with van der Waals surface area (Å²) in [6.07, 6.45) is 4.09. The molecule has 0 aliphatic carbocycles. The zero-order valence-electron chi connectivity index (χ0n) is 11.9. The summed E-state index contributed by atoms with van der Waals surface area (Å²) in [6.45, 7) is 4.19. The topological polar surface area (TPSA) is 42.2 Å². The predicted molar refractivity (Wildman–Crippen MR) is 93.5 cm³/mol. The number of nitrogens with one attached hydrogen (secondary N) is 1. The molecular weight excluding hydrogens is 274 g/mol. The minimum absolute atomic E-state index is 0. The number of benzene rings is 2. The molecule has 0 fully saturated rings. The Morgan fingerprint density at radius 2 is 1.82 bits per heavy atom. The fourth-order valence-electron chi connectivity index (χ4n) is 2.96. The van der Waals surface area contributed by atoms with Gasteiger partial charge in [0.25, 0.3) is 0 Å². The first-order valence-corrected chi connectivity index (χ1v) is 7.01. The normalized spacial score (nSPS) is 15.2. The van der Waals surface area contributed by atoms with Crippen molar-refractivity contribution < 1.29 is 4.42 Å². The highest BCUT2D eigenvalue weighted by atomic mass is 16.4. The fourth-order valence-corrected chi connectivity index (χ4v) is 2.96. The van der Waals surface area contributed by atoms with Crippen molar-refractivity contribution in [2.45, 2.75) is 26.8 Å². The Labute approximate surface area is 129 Å². The van der Waals surface area contributed by atoms with Gasteiger partial charge < -0.3 is 9.73 Å².